The maximum atomic E-state index is 11.7. The largest absolute Gasteiger partial charge is 0.487 e. The zero-order valence-corrected chi connectivity index (χ0v) is 17.8. The summed E-state index contributed by atoms with van der Waals surface area (Å²) < 4.78 is 7.75. The van der Waals surface area contributed by atoms with Crippen LogP contribution in [0.15, 0.2) is 85.3 Å². The third kappa shape index (κ3) is 4.04. The number of carboxylic acids is 1. The summed E-state index contributed by atoms with van der Waals surface area (Å²) in [6.07, 6.45) is 5.37. The second-order valence-corrected chi connectivity index (χ2v) is 7.56. The molecule has 5 aromatic rings. The number of pyridine rings is 2. The second-order valence-electron chi connectivity index (χ2n) is 7.56. The van der Waals surface area contributed by atoms with Crippen molar-refractivity contribution in [1.29, 1.82) is 0 Å². The van der Waals surface area contributed by atoms with E-state index in [1.807, 2.05) is 60.4 Å². The first-order valence-electron chi connectivity index (χ1n) is 10.4. The fourth-order valence-electron chi connectivity index (χ4n) is 3.87. The van der Waals surface area contributed by atoms with E-state index in [1.165, 1.54) is 0 Å². The SMILES string of the molecule is Cn1ncc(-c2ccncc2)c1-c1ccc(OCc2cc(C(=O)O)c3ccccc3n2)cc1. The first kappa shape index (κ1) is 20.4. The zero-order valence-electron chi connectivity index (χ0n) is 17.8. The molecule has 162 valence electrons. The van der Waals surface area contributed by atoms with Crippen LogP contribution in [0, 0.1) is 0 Å². The molecule has 0 atom stereocenters. The molecule has 7 nitrogen and oxygen atoms in total. The van der Waals surface area contributed by atoms with Gasteiger partial charge in [0.2, 0.25) is 0 Å². The Balaban J connectivity index is 1.38. The second kappa shape index (κ2) is 8.55. The fourth-order valence-corrected chi connectivity index (χ4v) is 3.87. The van der Waals surface area contributed by atoms with Crippen LogP contribution in [0.2, 0.25) is 0 Å². The summed E-state index contributed by atoms with van der Waals surface area (Å²) in [5.74, 6) is -0.321. The number of rotatable bonds is 6. The standard InChI is InChI=1S/C26H20N4O3/c1-30-25(23(15-28-30)17-10-12-27-13-11-17)18-6-8-20(9-7-18)33-16-19-14-22(26(31)32)21-4-2-3-5-24(21)29-19/h2-15H,16H2,1H3,(H,31,32). The van der Waals surface area contributed by atoms with Gasteiger partial charge in [0.1, 0.15) is 12.4 Å². The normalized spacial score (nSPS) is 10.9. The molecule has 5 rings (SSSR count). The van der Waals surface area contributed by atoms with Gasteiger partial charge in [0, 0.05) is 36.0 Å². The number of para-hydroxylation sites is 1. The quantitative estimate of drug-likeness (QED) is 0.404. The van der Waals surface area contributed by atoms with Crippen molar-refractivity contribution in [1.82, 2.24) is 19.7 Å². The zero-order chi connectivity index (χ0) is 22.8. The van der Waals surface area contributed by atoms with Crippen LogP contribution in [0.1, 0.15) is 16.1 Å². The van der Waals surface area contributed by atoms with E-state index in [4.69, 9.17) is 4.74 Å². The highest BCUT2D eigenvalue weighted by atomic mass is 16.5. The van der Waals surface area contributed by atoms with E-state index in [-0.39, 0.29) is 12.2 Å². The van der Waals surface area contributed by atoms with Crippen molar-refractivity contribution < 1.29 is 14.6 Å². The van der Waals surface area contributed by atoms with Crippen LogP contribution in [-0.4, -0.2) is 30.8 Å². The molecule has 3 heterocycles. The lowest BCUT2D eigenvalue weighted by molar-refractivity contribution is 0.0698. The van der Waals surface area contributed by atoms with Gasteiger partial charge in [-0.3, -0.25) is 9.67 Å². The Morgan fingerprint density at radius 1 is 1.00 bits per heavy atom. The molecule has 0 spiro atoms. The number of aryl methyl sites for hydroxylation is 1. The van der Waals surface area contributed by atoms with E-state index < -0.39 is 5.97 Å². The number of aromatic nitrogens is 4. The Morgan fingerprint density at radius 3 is 2.52 bits per heavy atom. The van der Waals surface area contributed by atoms with Crippen LogP contribution in [0.5, 0.6) is 5.75 Å². The summed E-state index contributed by atoms with van der Waals surface area (Å²) in [5.41, 5.74) is 5.48. The van der Waals surface area contributed by atoms with Crippen molar-refractivity contribution >= 4 is 16.9 Å². The first-order valence-corrected chi connectivity index (χ1v) is 10.4. The fraction of sp³-hybridized carbons (Fsp3) is 0.0769. The highest BCUT2D eigenvalue weighted by Crippen LogP contribution is 2.32. The maximum absolute atomic E-state index is 11.7. The lowest BCUT2D eigenvalue weighted by Gasteiger charge is -2.10. The van der Waals surface area contributed by atoms with E-state index in [0.29, 0.717) is 22.3 Å². The smallest absolute Gasteiger partial charge is 0.336 e. The van der Waals surface area contributed by atoms with Gasteiger partial charge in [0.25, 0.3) is 0 Å². The molecule has 2 aromatic carbocycles. The predicted molar refractivity (Wildman–Crippen MR) is 125 cm³/mol. The van der Waals surface area contributed by atoms with Crippen LogP contribution in [0.4, 0.5) is 0 Å². The Kier molecular flexibility index (Phi) is 5.28. The van der Waals surface area contributed by atoms with E-state index in [0.717, 1.165) is 22.4 Å². The molecule has 0 aliphatic heterocycles. The Bertz CT molecular complexity index is 1440. The maximum Gasteiger partial charge on any atom is 0.336 e. The van der Waals surface area contributed by atoms with Gasteiger partial charge in [-0.2, -0.15) is 5.10 Å². The monoisotopic (exact) mass is 436 g/mol. The molecule has 0 saturated heterocycles. The van der Waals surface area contributed by atoms with Crippen LogP contribution in [0.3, 0.4) is 0 Å². The van der Waals surface area contributed by atoms with Gasteiger partial charge < -0.3 is 9.84 Å². The number of carbonyl (C=O) groups is 1. The Hall–Kier alpha value is -4.52. The third-order valence-electron chi connectivity index (χ3n) is 5.44. The minimum Gasteiger partial charge on any atom is -0.487 e. The van der Waals surface area contributed by atoms with Crippen LogP contribution in [-0.2, 0) is 13.7 Å². The van der Waals surface area contributed by atoms with Crippen LogP contribution >= 0.6 is 0 Å². The third-order valence-corrected chi connectivity index (χ3v) is 5.44. The summed E-state index contributed by atoms with van der Waals surface area (Å²) in [7, 11) is 1.91. The summed E-state index contributed by atoms with van der Waals surface area (Å²) in [6, 6.07) is 20.4. The minimum atomic E-state index is -0.986. The molecular formula is C26H20N4O3. The number of carboxylic acid groups (broad SMARTS) is 1. The average Bonchev–Trinajstić information content (AvgIpc) is 3.24. The van der Waals surface area contributed by atoms with Gasteiger partial charge in [-0.05, 0) is 54.1 Å². The molecule has 3 aromatic heterocycles. The highest BCUT2D eigenvalue weighted by molar-refractivity contribution is 6.02. The summed E-state index contributed by atoms with van der Waals surface area (Å²) >= 11 is 0. The number of benzene rings is 2. The molecule has 0 aliphatic rings. The molecule has 0 fully saturated rings. The van der Waals surface area contributed by atoms with Crippen molar-refractivity contribution in [3.05, 3.63) is 96.6 Å². The lowest BCUT2D eigenvalue weighted by Crippen LogP contribution is -2.04. The topological polar surface area (TPSA) is 90.1 Å². The molecular weight excluding hydrogens is 416 g/mol. The van der Waals surface area contributed by atoms with Gasteiger partial charge in [-0.1, -0.05) is 18.2 Å². The van der Waals surface area contributed by atoms with Gasteiger partial charge >= 0.3 is 5.97 Å². The van der Waals surface area contributed by atoms with E-state index in [2.05, 4.69) is 15.1 Å². The van der Waals surface area contributed by atoms with Crippen molar-refractivity contribution in [2.24, 2.45) is 7.05 Å². The number of fused-ring (bicyclic) bond motifs is 1. The average molecular weight is 436 g/mol. The van der Waals surface area contributed by atoms with Crippen LogP contribution in [0.25, 0.3) is 33.3 Å². The van der Waals surface area contributed by atoms with E-state index >= 15 is 0 Å². The highest BCUT2D eigenvalue weighted by Gasteiger charge is 2.14. The van der Waals surface area contributed by atoms with Crippen molar-refractivity contribution in [3.8, 4) is 28.1 Å². The summed E-state index contributed by atoms with van der Waals surface area (Å²) in [5, 5.41) is 14.6. The summed E-state index contributed by atoms with van der Waals surface area (Å²) in [6.45, 7) is 0.165. The lowest BCUT2D eigenvalue weighted by atomic mass is 10.0. The van der Waals surface area contributed by atoms with Gasteiger partial charge in [-0.25, -0.2) is 9.78 Å². The molecule has 0 bridgehead atoms. The molecule has 7 heteroatoms. The number of aromatic carboxylic acids is 1. The number of nitrogens with zero attached hydrogens (tertiary/aromatic N) is 4. The molecule has 0 amide bonds. The van der Waals surface area contributed by atoms with E-state index in [9.17, 15) is 9.90 Å². The first-order chi connectivity index (χ1) is 16.1. The number of hydrogen-bond donors (Lipinski definition) is 1. The van der Waals surface area contributed by atoms with Crippen LogP contribution < -0.4 is 4.74 Å². The molecule has 0 aliphatic carbocycles. The molecule has 33 heavy (non-hydrogen) atoms. The van der Waals surface area contributed by atoms with Gasteiger partial charge in [0.15, 0.2) is 0 Å². The number of ether oxygens (including phenoxy) is 1. The van der Waals surface area contributed by atoms with Gasteiger partial charge in [-0.15, -0.1) is 0 Å². The molecule has 0 unspecified atom stereocenters. The minimum absolute atomic E-state index is 0.165. The molecule has 1 N–H and O–H groups in total. The van der Waals surface area contributed by atoms with Crippen molar-refractivity contribution in [3.63, 3.8) is 0 Å². The molecule has 0 radical (unpaired) electrons. The number of hydrogen-bond acceptors (Lipinski definition) is 5. The van der Waals surface area contributed by atoms with Crippen molar-refractivity contribution in [2.45, 2.75) is 6.61 Å². The van der Waals surface area contributed by atoms with E-state index in [1.54, 1.807) is 36.7 Å². The Labute approximate surface area is 189 Å². The molecule has 0 saturated carbocycles. The summed E-state index contributed by atoms with van der Waals surface area (Å²) in [4.78, 5) is 20.3. The predicted octanol–water partition coefficient (Wildman–Crippen LogP) is 4.97. The Morgan fingerprint density at radius 2 is 1.76 bits per heavy atom. The van der Waals surface area contributed by atoms with Gasteiger partial charge in [0.05, 0.1) is 28.7 Å². The van der Waals surface area contributed by atoms with Crippen molar-refractivity contribution in [2.75, 3.05) is 0 Å².